The highest BCUT2D eigenvalue weighted by Crippen LogP contribution is 2.28. The Morgan fingerprint density at radius 3 is 2.76 bits per heavy atom. The lowest BCUT2D eigenvalue weighted by atomic mass is 10.0. The van der Waals surface area contributed by atoms with Crippen LogP contribution in [-0.2, 0) is 9.53 Å². The third kappa shape index (κ3) is 6.03. The topological polar surface area (TPSA) is 64.3 Å². The molecular formula is C13H26N2O2. The second-order valence-electron chi connectivity index (χ2n) is 4.99. The van der Waals surface area contributed by atoms with Crippen LogP contribution in [0.25, 0.3) is 0 Å². The number of methoxy groups -OCH3 is 1. The van der Waals surface area contributed by atoms with Gasteiger partial charge in [-0.1, -0.05) is 25.7 Å². The third-order valence-corrected chi connectivity index (χ3v) is 3.50. The van der Waals surface area contributed by atoms with Crippen molar-refractivity contribution in [3.63, 3.8) is 0 Å². The summed E-state index contributed by atoms with van der Waals surface area (Å²) in [4.78, 5) is 11.8. The lowest BCUT2D eigenvalue weighted by Gasteiger charge is -2.17. The van der Waals surface area contributed by atoms with Gasteiger partial charge in [-0.15, -0.1) is 0 Å². The van der Waals surface area contributed by atoms with Gasteiger partial charge in [-0.2, -0.15) is 0 Å². The Bertz CT molecular complexity index is 209. The van der Waals surface area contributed by atoms with Gasteiger partial charge in [-0.25, -0.2) is 0 Å². The van der Waals surface area contributed by atoms with Gasteiger partial charge in [0.2, 0.25) is 5.91 Å². The molecule has 4 heteroatoms. The Morgan fingerprint density at radius 1 is 1.47 bits per heavy atom. The first kappa shape index (κ1) is 14.5. The average Bonchev–Trinajstić information content (AvgIpc) is 2.80. The number of amides is 1. The smallest absolute Gasteiger partial charge is 0.220 e. The van der Waals surface area contributed by atoms with E-state index >= 15 is 0 Å². The van der Waals surface area contributed by atoms with Crippen molar-refractivity contribution < 1.29 is 9.53 Å². The second-order valence-corrected chi connectivity index (χ2v) is 4.99. The zero-order valence-electron chi connectivity index (χ0n) is 10.9. The summed E-state index contributed by atoms with van der Waals surface area (Å²) in [5, 5.41) is 3.00. The Hall–Kier alpha value is -0.610. The summed E-state index contributed by atoms with van der Waals surface area (Å²) in [6, 6.07) is 0.0704. The minimum atomic E-state index is 0.0704. The minimum Gasteiger partial charge on any atom is -0.383 e. The molecule has 1 aliphatic carbocycles. The van der Waals surface area contributed by atoms with Crippen LogP contribution in [0.1, 0.15) is 44.9 Å². The molecule has 0 aromatic heterocycles. The van der Waals surface area contributed by atoms with Crippen molar-refractivity contribution in [2.45, 2.75) is 51.0 Å². The van der Waals surface area contributed by atoms with E-state index in [0.29, 0.717) is 19.6 Å². The van der Waals surface area contributed by atoms with E-state index in [-0.39, 0.29) is 11.9 Å². The predicted octanol–water partition coefficient (Wildman–Crippen LogP) is 1.44. The van der Waals surface area contributed by atoms with E-state index in [4.69, 9.17) is 10.5 Å². The molecule has 0 bridgehead atoms. The Kier molecular flexibility index (Phi) is 7.21. The highest BCUT2D eigenvalue weighted by atomic mass is 16.5. The number of rotatable bonds is 8. The average molecular weight is 242 g/mol. The van der Waals surface area contributed by atoms with Crippen molar-refractivity contribution >= 4 is 5.91 Å². The summed E-state index contributed by atoms with van der Waals surface area (Å²) >= 11 is 0. The fourth-order valence-corrected chi connectivity index (χ4v) is 2.53. The summed E-state index contributed by atoms with van der Waals surface area (Å²) in [6.07, 6.45) is 7.75. The van der Waals surface area contributed by atoms with Gasteiger partial charge in [0.15, 0.2) is 0 Å². The zero-order chi connectivity index (χ0) is 12.5. The fraction of sp³-hybridized carbons (Fsp3) is 0.923. The van der Waals surface area contributed by atoms with Crippen molar-refractivity contribution in [1.82, 2.24) is 5.32 Å². The summed E-state index contributed by atoms with van der Waals surface area (Å²) in [6.45, 7) is 1.13. The molecule has 100 valence electrons. The third-order valence-electron chi connectivity index (χ3n) is 3.50. The van der Waals surface area contributed by atoms with E-state index < -0.39 is 0 Å². The van der Waals surface area contributed by atoms with Crippen LogP contribution in [0, 0.1) is 5.92 Å². The number of carbonyl (C=O) groups excluding carboxylic acids is 1. The predicted molar refractivity (Wildman–Crippen MR) is 68.7 cm³/mol. The first-order valence-corrected chi connectivity index (χ1v) is 6.74. The lowest BCUT2D eigenvalue weighted by molar-refractivity contribution is -0.122. The summed E-state index contributed by atoms with van der Waals surface area (Å²) < 4.78 is 5.07. The molecule has 0 spiro atoms. The van der Waals surface area contributed by atoms with Gasteiger partial charge in [0.05, 0.1) is 12.6 Å². The molecule has 1 atom stereocenters. The first-order valence-electron chi connectivity index (χ1n) is 6.74. The van der Waals surface area contributed by atoms with Gasteiger partial charge in [0, 0.05) is 13.5 Å². The Morgan fingerprint density at radius 2 is 2.18 bits per heavy atom. The fourth-order valence-electron chi connectivity index (χ4n) is 2.53. The number of nitrogens with one attached hydrogen (secondary N) is 1. The van der Waals surface area contributed by atoms with Crippen LogP contribution in [0.5, 0.6) is 0 Å². The molecule has 0 aromatic carbocycles. The molecule has 0 aliphatic heterocycles. The number of hydrogen-bond acceptors (Lipinski definition) is 3. The van der Waals surface area contributed by atoms with E-state index in [0.717, 1.165) is 18.8 Å². The normalized spacial score (nSPS) is 18.2. The van der Waals surface area contributed by atoms with Crippen LogP contribution in [0.4, 0.5) is 0 Å². The first-order chi connectivity index (χ1) is 8.26. The van der Waals surface area contributed by atoms with Crippen LogP contribution in [-0.4, -0.2) is 32.2 Å². The van der Waals surface area contributed by atoms with Crippen LogP contribution in [0.2, 0.25) is 0 Å². The summed E-state index contributed by atoms with van der Waals surface area (Å²) in [5.74, 6) is 0.920. The number of nitrogens with two attached hydrogens (primary N) is 1. The molecule has 0 radical (unpaired) electrons. The van der Waals surface area contributed by atoms with Gasteiger partial charge < -0.3 is 15.8 Å². The van der Waals surface area contributed by atoms with Crippen LogP contribution < -0.4 is 11.1 Å². The van der Waals surface area contributed by atoms with Crippen molar-refractivity contribution in [3.8, 4) is 0 Å². The van der Waals surface area contributed by atoms with Crippen molar-refractivity contribution in [1.29, 1.82) is 0 Å². The highest BCUT2D eigenvalue weighted by Gasteiger charge is 2.17. The van der Waals surface area contributed by atoms with Gasteiger partial charge in [-0.3, -0.25) is 4.79 Å². The molecule has 1 saturated carbocycles. The molecule has 1 aliphatic rings. The van der Waals surface area contributed by atoms with Crippen molar-refractivity contribution in [2.24, 2.45) is 11.7 Å². The molecular weight excluding hydrogens is 216 g/mol. The van der Waals surface area contributed by atoms with Crippen molar-refractivity contribution in [2.75, 3.05) is 20.3 Å². The molecule has 3 N–H and O–H groups in total. The van der Waals surface area contributed by atoms with E-state index in [1.54, 1.807) is 7.11 Å². The monoisotopic (exact) mass is 242 g/mol. The van der Waals surface area contributed by atoms with E-state index in [1.165, 1.54) is 25.7 Å². The van der Waals surface area contributed by atoms with Gasteiger partial charge >= 0.3 is 0 Å². The van der Waals surface area contributed by atoms with E-state index in [9.17, 15) is 4.79 Å². The van der Waals surface area contributed by atoms with Gasteiger partial charge in [-0.05, 0) is 25.3 Å². The zero-order valence-corrected chi connectivity index (χ0v) is 10.9. The molecule has 17 heavy (non-hydrogen) atoms. The maximum absolute atomic E-state index is 11.8. The maximum atomic E-state index is 11.8. The maximum Gasteiger partial charge on any atom is 0.220 e. The summed E-state index contributed by atoms with van der Waals surface area (Å²) in [5.41, 5.74) is 5.50. The molecule has 1 rings (SSSR count). The molecule has 0 aromatic rings. The standard InChI is InChI=1S/C13H26N2O2/c1-17-10-12(8-9-14)15-13(16)7-6-11-4-2-3-5-11/h11-12H,2-10,14H2,1H3,(H,15,16). The Labute approximate surface area is 104 Å². The second kappa shape index (κ2) is 8.48. The van der Waals surface area contributed by atoms with Crippen molar-refractivity contribution in [3.05, 3.63) is 0 Å². The van der Waals surface area contributed by atoms with Crippen LogP contribution in [0.3, 0.4) is 0 Å². The quantitative estimate of drug-likeness (QED) is 0.677. The molecule has 1 unspecified atom stereocenters. The Balaban J connectivity index is 2.16. The van der Waals surface area contributed by atoms with Crippen LogP contribution in [0.15, 0.2) is 0 Å². The molecule has 1 amide bonds. The largest absolute Gasteiger partial charge is 0.383 e. The number of ether oxygens (including phenoxy) is 1. The molecule has 0 heterocycles. The minimum absolute atomic E-state index is 0.0704. The molecule has 1 fully saturated rings. The number of hydrogen-bond donors (Lipinski definition) is 2. The van der Waals surface area contributed by atoms with Crippen LogP contribution >= 0.6 is 0 Å². The highest BCUT2D eigenvalue weighted by molar-refractivity contribution is 5.76. The van der Waals surface area contributed by atoms with E-state index in [2.05, 4.69) is 5.32 Å². The molecule has 0 saturated heterocycles. The summed E-state index contributed by atoms with van der Waals surface area (Å²) in [7, 11) is 1.65. The molecule has 4 nitrogen and oxygen atoms in total. The number of carbonyl (C=O) groups is 1. The SMILES string of the molecule is COCC(CCN)NC(=O)CCC1CCCC1. The lowest BCUT2D eigenvalue weighted by Crippen LogP contribution is -2.39. The van der Waals surface area contributed by atoms with Gasteiger partial charge in [0.25, 0.3) is 0 Å². The van der Waals surface area contributed by atoms with E-state index in [1.807, 2.05) is 0 Å². The van der Waals surface area contributed by atoms with Gasteiger partial charge in [0.1, 0.15) is 0 Å².